The summed E-state index contributed by atoms with van der Waals surface area (Å²) in [6.45, 7) is 0. The number of aromatic carboxylic acids is 1. The SMILES string of the molecule is COc1ccc(Cc2cccc(C(=O)O)c2)cc1Br. The molecule has 0 aliphatic rings. The van der Waals surface area contributed by atoms with E-state index in [0.717, 1.165) is 21.3 Å². The number of methoxy groups -OCH3 is 1. The van der Waals surface area contributed by atoms with Gasteiger partial charge in [0, 0.05) is 0 Å². The lowest BCUT2D eigenvalue weighted by atomic mass is 10.0. The first-order valence-corrected chi connectivity index (χ1v) is 6.54. The number of carboxylic acids is 1. The summed E-state index contributed by atoms with van der Waals surface area (Å²) in [6.07, 6.45) is 0.684. The zero-order valence-electron chi connectivity index (χ0n) is 10.4. The van der Waals surface area contributed by atoms with E-state index in [1.54, 1.807) is 25.3 Å². The standard InChI is InChI=1S/C15H13BrO3/c1-19-14-6-5-11(9-13(14)16)7-10-3-2-4-12(8-10)15(17)18/h2-6,8-9H,7H2,1H3,(H,17,18). The van der Waals surface area contributed by atoms with E-state index >= 15 is 0 Å². The Balaban J connectivity index is 2.23. The number of rotatable bonds is 4. The summed E-state index contributed by atoms with van der Waals surface area (Å²) < 4.78 is 6.07. The minimum Gasteiger partial charge on any atom is -0.496 e. The number of halogens is 1. The van der Waals surface area contributed by atoms with Gasteiger partial charge in [-0.15, -0.1) is 0 Å². The maximum atomic E-state index is 10.9. The van der Waals surface area contributed by atoms with Crippen LogP contribution in [0, 0.1) is 0 Å². The van der Waals surface area contributed by atoms with Crippen LogP contribution < -0.4 is 4.74 Å². The molecule has 0 unspecified atom stereocenters. The number of hydrogen-bond donors (Lipinski definition) is 1. The van der Waals surface area contributed by atoms with Crippen molar-refractivity contribution in [1.29, 1.82) is 0 Å². The fourth-order valence-electron chi connectivity index (χ4n) is 1.87. The van der Waals surface area contributed by atoms with Gasteiger partial charge in [-0.3, -0.25) is 0 Å². The zero-order chi connectivity index (χ0) is 13.8. The van der Waals surface area contributed by atoms with Crippen LogP contribution in [0.5, 0.6) is 5.75 Å². The first-order valence-electron chi connectivity index (χ1n) is 5.75. The monoisotopic (exact) mass is 320 g/mol. The Kier molecular flexibility index (Phi) is 4.22. The highest BCUT2D eigenvalue weighted by Crippen LogP contribution is 2.26. The van der Waals surface area contributed by atoms with Crippen LogP contribution in [0.4, 0.5) is 0 Å². The normalized spacial score (nSPS) is 10.2. The summed E-state index contributed by atoms with van der Waals surface area (Å²) in [4.78, 5) is 10.9. The molecular weight excluding hydrogens is 308 g/mol. The molecule has 3 nitrogen and oxygen atoms in total. The zero-order valence-corrected chi connectivity index (χ0v) is 12.0. The molecule has 98 valence electrons. The molecule has 0 bridgehead atoms. The lowest BCUT2D eigenvalue weighted by Crippen LogP contribution is -1.98. The molecule has 0 fully saturated rings. The molecular formula is C15H13BrO3. The topological polar surface area (TPSA) is 46.5 Å². The third-order valence-corrected chi connectivity index (χ3v) is 3.42. The number of carbonyl (C=O) groups is 1. The molecule has 0 atom stereocenters. The minimum absolute atomic E-state index is 0.310. The highest BCUT2D eigenvalue weighted by molar-refractivity contribution is 9.10. The van der Waals surface area contributed by atoms with Gasteiger partial charge in [-0.05, 0) is 57.7 Å². The molecule has 0 amide bonds. The fourth-order valence-corrected chi connectivity index (χ4v) is 2.46. The minimum atomic E-state index is -0.905. The highest BCUT2D eigenvalue weighted by atomic mass is 79.9. The van der Waals surface area contributed by atoms with Crippen molar-refractivity contribution in [2.45, 2.75) is 6.42 Å². The third kappa shape index (κ3) is 3.35. The van der Waals surface area contributed by atoms with E-state index in [2.05, 4.69) is 15.9 Å². The van der Waals surface area contributed by atoms with E-state index in [0.29, 0.717) is 12.0 Å². The molecule has 0 saturated carbocycles. The average Bonchev–Trinajstić information content (AvgIpc) is 2.39. The quantitative estimate of drug-likeness (QED) is 0.933. The Morgan fingerprint density at radius 1 is 1.21 bits per heavy atom. The number of carboxylic acid groups (broad SMARTS) is 1. The molecule has 0 radical (unpaired) electrons. The molecule has 0 saturated heterocycles. The Hall–Kier alpha value is -1.81. The first-order chi connectivity index (χ1) is 9.10. The summed E-state index contributed by atoms with van der Waals surface area (Å²) in [7, 11) is 1.62. The molecule has 19 heavy (non-hydrogen) atoms. The Bertz CT molecular complexity index is 608. The second-order valence-corrected chi connectivity index (χ2v) is 5.01. The predicted octanol–water partition coefficient (Wildman–Crippen LogP) is 3.75. The molecule has 4 heteroatoms. The molecule has 0 spiro atoms. The van der Waals surface area contributed by atoms with E-state index in [9.17, 15) is 4.79 Å². The van der Waals surface area contributed by atoms with Crippen molar-refractivity contribution in [2.24, 2.45) is 0 Å². The molecule has 1 N–H and O–H groups in total. The molecule has 0 aromatic heterocycles. The average molecular weight is 321 g/mol. The number of benzene rings is 2. The second kappa shape index (κ2) is 5.89. The highest BCUT2D eigenvalue weighted by Gasteiger charge is 2.05. The lowest BCUT2D eigenvalue weighted by Gasteiger charge is -2.07. The smallest absolute Gasteiger partial charge is 0.335 e. The second-order valence-electron chi connectivity index (χ2n) is 4.15. The van der Waals surface area contributed by atoms with Gasteiger partial charge in [-0.1, -0.05) is 18.2 Å². The van der Waals surface area contributed by atoms with E-state index in [4.69, 9.17) is 9.84 Å². The maximum Gasteiger partial charge on any atom is 0.335 e. The van der Waals surface area contributed by atoms with Crippen LogP contribution in [0.25, 0.3) is 0 Å². The maximum absolute atomic E-state index is 10.9. The number of ether oxygens (including phenoxy) is 1. The van der Waals surface area contributed by atoms with Crippen LogP contribution >= 0.6 is 15.9 Å². The van der Waals surface area contributed by atoms with Gasteiger partial charge in [0.15, 0.2) is 0 Å². The Morgan fingerprint density at radius 2 is 1.95 bits per heavy atom. The van der Waals surface area contributed by atoms with Gasteiger partial charge in [0.1, 0.15) is 5.75 Å². The summed E-state index contributed by atoms with van der Waals surface area (Å²) in [5, 5.41) is 8.96. The summed E-state index contributed by atoms with van der Waals surface area (Å²) in [5.74, 6) is -0.124. The van der Waals surface area contributed by atoms with Crippen molar-refractivity contribution in [2.75, 3.05) is 7.11 Å². The van der Waals surface area contributed by atoms with Crippen LogP contribution in [0.3, 0.4) is 0 Å². The number of hydrogen-bond acceptors (Lipinski definition) is 2. The van der Waals surface area contributed by atoms with Crippen molar-refractivity contribution >= 4 is 21.9 Å². The molecule has 2 aromatic rings. The van der Waals surface area contributed by atoms with Crippen molar-refractivity contribution in [1.82, 2.24) is 0 Å². The van der Waals surface area contributed by atoms with Crippen LogP contribution in [0.2, 0.25) is 0 Å². The predicted molar refractivity (Wildman–Crippen MR) is 76.9 cm³/mol. The largest absolute Gasteiger partial charge is 0.496 e. The van der Waals surface area contributed by atoms with E-state index in [1.807, 2.05) is 24.3 Å². The molecule has 0 heterocycles. The molecule has 0 aliphatic heterocycles. The van der Waals surface area contributed by atoms with Gasteiger partial charge >= 0.3 is 5.97 Å². The Morgan fingerprint density at radius 3 is 2.58 bits per heavy atom. The Labute approximate surface area is 120 Å². The van der Waals surface area contributed by atoms with Crippen LogP contribution in [-0.2, 0) is 6.42 Å². The molecule has 2 aromatic carbocycles. The summed E-state index contributed by atoms with van der Waals surface area (Å²) in [5.41, 5.74) is 2.37. The van der Waals surface area contributed by atoms with Gasteiger partial charge in [-0.25, -0.2) is 4.79 Å². The van der Waals surface area contributed by atoms with Gasteiger partial charge in [-0.2, -0.15) is 0 Å². The fraction of sp³-hybridized carbons (Fsp3) is 0.133. The molecule has 0 aliphatic carbocycles. The van der Waals surface area contributed by atoms with Crippen molar-refractivity contribution < 1.29 is 14.6 Å². The van der Waals surface area contributed by atoms with Crippen LogP contribution in [0.1, 0.15) is 21.5 Å². The molecule has 2 rings (SSSR count). The van der Waals surface area contributed by atoms with Gasteiger partial charge in [0.05, 0.1) is 17.1 Å². The van der Waals surface area contributed by atoms with Crippen molar-refractivity contribution in [3.8, 4) is 5.75 Å². The van der Waals surface area contributed by atoms with Crippen molar-refractivity contribution in [3.05, 3.63) is 63.6 Å². The van der Waals surface area contributed by atoms with Crippen molar-refractivity contribution in [3.63, 3.8) is 0 Å². The third-order valence-electron chi connectivity index (χ3n) is 2.80. The van der Waals surface area contributed by atoms with E-state index < -0.39 is 5.97 Å². The summed E-state index contributed by atoms with van der Waals surface area (Å²) in [6, 6.07) is 12.8. The van der Waals surface area contributed by atoms with Gasteiger partial charge in [0.2, 0.25) is 0 Å². The van der Waals surface area contributed by atoms with E-state index in [-0.39, 0.29) is 0 Å². The van der Waals surface area contributed by atoms with Gasteiger partial charge < -0.3 is 9.84 Å². The lowest BCUT2D eigenvalue weighted by molar-refractivity contribution is 0.0697. The van der Waals surface area contributed by atoms with Crippen LogP contribution in [0.15, 0.2) is 46.9 Å². The van der Waals surface area contributed by atoms with Gasteiger partial charge in [0.25, 0.3) is 0 Å². The van der Waals surface area contributed by atoms with Crippen LogP contribution in [-0.4, -0.2) is 18.2 Å². The van der Waals surface area contributed by atoms with E-state index in [1.165, 1.54) is 0 Å². The first kappa shape index (κ1) is 13.6. The summed E-state index contributed by atoms with van der Waals surface area (Å²) >= 11 is 3.44.